The van der Waals surface area contributed by atoms with Gasteiger partial charge >= 0.3 is 12.0 Å². The second kappa shape index (κ2) is 12.5. The van der Waals surface area contributed by atoms with Crippen LogP contribution in [0.1, 0.15) is 34.1 Å². The Bertz CT molecular complexity index is 1450. The number of carbonyl (C=O) groups is 4. The zero-order valence-corrected chi connectivity index (χ0v) is 21.0. The van der Waals surface area contributed by atoms with Crippen molar-refractivity contribution in [1.29, 1.82) is 0 Å². The van der Waals surface area contributed by atoms with E-state index in [0.717, 1.165) is 27.7 Å². The minimum absolute atomic E-state index is 0.0392. The van der Waals surface area contributed by atoms with Gasteiger partial charge in [-0.1, -0.05) is 72.8 Å². The highest BCUT2D eigenvalue weighted by Gasteiger charge is 2.21. The molecule has 1 unspecified atom stereocenters. The van der Waals surface area contributed by atoms with Crippen LogP contribution in [0.25, 0.3) is 10.8 Å². The molecule has 3 aromatic carbocycles. The largest absolute Gasteiger partial charge is 0.481 e. The Morgan fingerprint density at radius 3 is 2.42 bits per heavy atom. The van der Waals surface area contributed by atoms with E-state index in [1.54, 1.807) is 12.1 Å². The number of aliphatic carboxylic acids is 1. The van der Waals surface area contributed by atoms with Crippen molar-refractivity contribution in [2.45, 2.75) is 19.0 Å². The Kier molecular flexibility index (Phi) is 8.62. The van der Waals surface area contributed by atoms with Crippen molar-refractivity contribution in [3.8, 4) is 0 Å². The molecule has 0 saturated heterocycles. The summed E-state index contributed by atoms with van der Waals surface area (Å²) in [5.74, 6) is -2.22. The summed E-state index contributed by atoms with van der Waals surface area (Å²) in [5.41, 5.74) is 1.65. The molecule has 11 heteroatoms. The van der Waals surface area contributed by atoms with Gasteiger partial charge in [-0.15, -0.1) is 11.3 Å². The number of hydrogen-bond acceptors (Lipinski definition) is 6. The maximum atomic E-state index is 12.6. The number of rotatable bonds is 10. The number of amides is 4. The number of carboxylic acid groups (broad SMARTS) is 1. The lowest BCUT2D eigenvalue weighted by Gasteiger charge is -2.19. The van der Waals surface area contributed by atoms with Gasteiger partial charge in [0.2, 0.25) is 5.91 Å². The molecule has 4 rings (SSSR count). The lowest BCUT2D eigenvalue weighted by Crippen LogP contribution is -2.39. The molecule has 0 fully saturated rings. The Balaban J connectivity index is 1.31. The fraction of sp³-hybridized carbons (Fsp3) is 0.148. The first-order valence-electron chi connectivity index (χ1n) is 11.7. The quantitative estimate of drug-likeness (QED) is 0.211. The number of fused-ring (bicyclic) bond motifs is 1. The third-order valence-electron chi connectivity index (χ3n) is 5.58. The molecule has 1 atom stereocenters. The summed E-state index contributed by atoms with van der Waals surface area (Å²) in [5, 5.41) is 23.3. The van der Waals surface area contributed by atoms with Gasteiger partial charge in [-0.3, -0.25) is 19.7 Å². The van der Waals surface area contributed by atoms with Gasteiger partial charge in [0, 0.05) is 11.9 Å². The van der Waals surface area contributed by atoms with Gasteiger partial charge < -0.3 is 21.1 Å². The van der Waals surface area contributed by atoms with Gasteiger partial charge in [-0.05, 0) is 21.9 Å². The Labute approximate surface area is 222 Å². The SMILES string of the molecule is O=C(O)CC(NC(=O)CNC(=O)c1csc(NC(=O)NCc2ccccc2)n1)c1cccc2ccccc12. The number of aromatic nitrogens is 1. The van der Waals surface area contributed by atoms with Gasteiger partial charge in [-0.2, -0.15) is 0 Å². The van der Waals surface area contributed by atoms with Crippen molar-refractivity contribution in [2.75, 3.05) is 11.9 Å². The van der Waals surface area contributed by atoms with E-state index in [0.29, 0.717) is 12.1 Å². The van der Waals surface area contributed by atoms with Crippen LogP contribution in [-0.2, 0) is 16.1 Å². The molecule has 10 nitrogen and oxygen atoms in total. The zero-order chi connectivity index (χ0) is 26.9. The van der Waals surface area contributed by atoms with Crippen LogP contribution >= 0.6 is 11.3 Å². The molecule has 0 spiro atoms. The molecule has 0 saturated carbocycles. The topological polar surface area (TPSA) is 150 Å². The molecular weight excluding hydrogens is 506 g/mol. The van der Waals surface area contributed by atoms with E-state index in [9.17, 15) is 24.3 Å². The highest BCUT2D eigenvalue weighted by atomic mass is 32.1. The van der Waals surface area contributed by atoms with Gasteiger partial charge in [0.15, 0.2) is 5.13 Å². The second-order valence-electron chi connectivity index (χ2n) is 8.30. The standard InChI is InChI=1S/C27H25N5O5S/c33-23(30-21(13-24(34)35)20-12-6-10-18-9-4-5-11-19(18)20)15-28-25(36)22-16-38-27(31-22)32-26(37)29-14-17-7-2-1-3-8-17/h1-12,16,21H,13-15H2,(H,28,36)(H,30,33)(H,34,35)(H2,29,31,32,37). The van der Waals surface area contributed by atoms with Crippen molar-refractivity contribution >= 4 is 51.1 Å². The highest BCUT2D eigenvalue weighted by Crippen LogP contribution is 2.26. The van der Waals surface area contributed by atoms with Crippen molar-refractivity contribution in [2.24, 2.45) is 0 Å². The van der Waals surface area contributed by atoms with E-state index in [1.165, 1.54) is 5.38 Å². The Morgan fingerprint density at radius 2 is 1.63 bits per heavy atom. The predicted octanol–water partition coefficient (Wildman–Crippen LogP) is 3.68. The van der Waals surface area contributed by atoms with Crippen LogP contribution in [0.5, 0.6) is 0 Å². The summed E-state index contributed by atoms with van der Waals surface area (Å²) in [6.45, 7) is -0.0419. The molecule has 1 aromatic heterocycles. The number of nitrogens with zero attached hydrogens (tertiary/aromatic N) is 1. The second-order valence-corrected chi connectivity index (χ2v) is 9.16. The van der Waals surface area contributed by atoms with Crippen LogP contribution in [0.3, 0.4) is 0 Å². The van der Waals surface area contributed by atoms with Crippen molar-refractivity contribution in [3.05, 3.63) is 95.0 Å². The number of benzene rings is 3. The minimum Gasteiger partial charge on any atom is -0.481 e. The molecule has 5 N–H and O–H groups in total. The lowest BCUT2D eigenvalue weighted by atomic mass is 9.96. The van der Waals surface area contributed by atoms with E-state index in [-0.39, 0.29) is 23.8 Å². The van der Waals surface area contributed by atoms with Crippen molar-refractivity contribution in [1.82, 2.24) is 20.9 Å². The smallest absolute Gasteiger partial charge is 0.321 e. The number of nitrogens with one attached hydrogen (secondary N) is 4. The van der Waals surface area contributed by atoms with Crippen molar-refractivity contribution in [3.63, 3.8) is 0 Å². The van der Waals surface area contributed by atoms with Crippen LogP contribution < -0.4 is 21.3 Å². The number of thiazole rings is 1. The highest BCUT2D eigenvalue weighted by molar-refractivity contribution is 7.14. The average Bonchev–Trinajstić information content (AvgIpc) is 3.38. The van der Waals surface area contributed by atoms with Gasteiger partial charge in [-0.25, -0.2) is 9.78 Å². The first-order valence-corrected chi connectivity index (χ1v) is 12.6. The van der Waals surface area contributed by atoms with Crippen LogP contribution in [-0.4, -0.2) is 40.5 Å². The molecule has 0 aliphatic heterocycles. The first-order chi connectivity index (χ1) is 18.4. The normalized spacial score (nSPS) is 11.4. The summed E-state index contributed by atoms with van der Waals surface area (Å²) in [7, 11) is 0. The number of anilines is 1. The van der Waals surface area contributed by atoms with E-state index in [4.69, 9.17) is 0 Å². The fourth-order valence-electron chi connectivity index (χ4n) is 3.82. The van der Waals surface area contributed by atoms with Crippen LogP contribution in [0.4, 0.5) is 9.93 Å². The van der Waals surface area contributed by atoms with Crippen LogP contribution in [0, 0.1) is 0 Å². The monoisotopic (exact) mass is 531 g/mol. The third kappa shape index (κ3) is 7.14. The van der Waals surface area contributed by atoms with Gasteiger partial charge in [0.25, 0.3) is 5.91 Å². The maximum Gasteiger partial charge on any atom is 0.321 e. The fourth-order valence-corrected chi connectivity index (χ4v) is 4.50. The zero-order valence-electron chi connectivity index (χ0n) is 20.1. The Morgan fingerprint density at radius 1 is 0.895 bits per heavy atom. The summed E-state index contributed by atoms with van der Waals surface area (Å²) in [6.07, 6.45) is -0.318. The maximum absolute atomic E-state index is 12.6. The summed E-state index contributed by atoms with van der Waals surface area (Å²) in [4.78, 5) is 52.8. The van der Waals surface area contributed by atoms with Crippen molar-refractivity contribution < 1.29 is 24.3 Å². The molecule has 1 heterocycles. The predicted molar refractivity (Wildman–Crippen MR) is 144 cm³/mol. The number of carboxylic acids is 1. The molecule has 4 aromatic rings. The van der Waals surface area contributed by atoms with E-state index in [1.807, 2.05) is 60.7 Å². The number of hydrogen-bond donors (Lipinski definition) is 5. The molecule has 0 bridgehead atoms. The Hall–Kier alpha value is -4.77. The average molecular weight is 532 g/mol. The molecule has 0 radical (unpaired) electrons. The molecule has 4 amide bonds. The summed E-state index contributed by atoms with van der Waals surface area (Å²) < 4.78 is 0. The number of carbonyl (C=O) groups excluding carboxylic acids is 3. The van der Waals surface area contributed by atoms with Gasteiger partial charge in [0.05, 0.1) is 19.0 Å². The van der Waals surface area contributed by atoms with E-state index < -0.39 is 29.9 Å². The third-order valence-corrected chi connectivity index (χ3v) is 6.33. The summed E-state index contributed by atoms with van der Waals surface area (Å²) >= 11 is 1.07. The molecule has 0 aliphatic carbocycles. The molecular formula is C27H25N5O5S. The number of urea groups is 1. The van der Waals surface area contributed by atoms with Gasteiger partial charge in [0.1, 0.15) is 5.69 Å². The van der Waals surface area contributed by atoms with Crippen LogP contribution in [0.15, 0.2) is 78.2 Å². The lowest BCUT2D eigenvalue weighted by molar-refractivity contribution is -0.137. The minimum atomic E-state index is -1.07. The van der Waals surface area contributed by atoms with E-state index in [2.05, 4.69) is 26.3 Å². The molecule has 38 heavy (non-hydrogen) atoms. The van der Waals surface area contributed by atoms with Crippen LogP contribution in [0.2, 0.25) is 0 Å². The summed E-state index contributed by atoms with van der Waals surface area (Å²) in [6, 6.07) is 21.1. The molecule has 194 valence electrons. The van der Waals surface area contributed by atoms with E-state index >= 15 is 0 Å². The first kappa shape index (κ1) is 26.3. The molecule has 0 aliphatic rings.